The van der Waals surface area contributed by atoms with Gasteiger partial charge in [0.25, 0.3) is 0 Å². The van der Waals surface area contributed by atoms with Crippen molar-refractivity contribution >= 4 is 11.8 Å². The van der Waals surface area contributed by atoms with Crippen LogP contribution in [0.15, 0.2) is 0 Å². The minimum Gasteiger partial charge on any atom is -0.394 e. The number of aliphatic hydroxyl groups excluding tert-OH is 4. The van der Waals surface area contributed by atoms with E-state index in [2.05, 4.69) is 33.0 Å². The number of nitrogens with one attached hydrogen (secondary N) is 1. The molecule has 0 amide bonds. The van der Waals surface area contributed by atoms with Crippen LogP contribution in [0.5, 0.6) is 0 Å². The van der Waals surface area contributed by atoms with Gasteiger partial charge >= 0.3 is 0 Å². The number of rotatable bonds is 5. The average Bonchev–Trinajstić information content (AvgIpc) is 2.72. The van der Waals surface area contributed by atoms with Gasteiger partial charge in [-0.3, -0.25) is 0 Å². The van der Waals surface area contributed by atoms with Gasteiger partial charge < -0.3 is 30.5 Å². The second-order valence-corrected chi connectivity index (χ2v) is 9.07. The van der Waals surface area contributed by atoms with Crippen LogP contribution >= 0.6 is 11.8 Å². The van der Waals surface area contributed by atoms with Crippen molar-refractivity contribution in [3.63, 3.8) is 0 Å². The van der Waals surface area contributed by atoms with E-state index in [1.165, 1.54) is 11.8 Å². The Labute approximate surface area is 142 Å². The van der Waals surface area contributed by atoms with Crippen LogP contribution in [-0.4, -0.2) is 74.2 Å². The molecular weight excluding hydrogens is 318 g/mol. The smallest absolute Gasteiger partial charge is 0.132 e. The first-order valence-electron chi connectivity index (χ1n) is 8.37. The highest BCUT2D eigenvalue weighted by atomic mass is 32.2. The van der Waals surface area contributed by atoms with E-state index in [0.29, 0.717) is 12.1 Å². The third-order valence-electron chi connectivity index (χ3n) is 4.86. The molecule has 0 aromatic rings. The van der Waals surface area contributed by atoms with Gasteiger partial charge in [0.15, 0.2) is 0 Å². The van der Waals surface area contributed by atoms with Gasteiger partial charge in [0.2, 0.25) is 0 Å². The molecule has 0 aromatic carbocycles. The van der Waals surface area contributed by atoms with Gasteiger partial charge in [0.05, 0.1) is 6.61 Å². The standard InChI is InChI=1S/C16H31NO5S/c1-8(2)17-9-5-11(16(3,4)6-9)23-15-14(21)13(20)12(19)10(7-18)22-15/h8-15,17-21H,5-7H2,1-4H3/t9?,10-,11?,12+,13+,14-,15+/m1/s1. The number of aliphatic hydroxyl groups is 4. The molecule has 23 heavy (non-hydrogen) atoms. The summed E-state index contributed by atoms with van der Waals surface area (Å²) in [7, 11) is 0. The van der Waals surface area contributed by atoms with Crippen molar-refractivity contribution in [1.82, 2.24) is 5.32 Å². The molecule has 7 atom stereocenters. The Kier molecular flexibility index (Phi) is 6.39. The van der Waals surface area contributed by atoms with E-state index in [9.17, 15) is 20.4 Å². The minimum atomic E-state index is -1.30. The summed E-state index contributed by atoms with van der Waals surface area (Å²) in [5.74, 6) is 0. The van der Waals surface area contributed by atoms with E-state index < -0.39 is 29.9 Å². The van der Waals surface area contributed by atoms with Crippen molar-refractivity contribution in [3.05, 3.63) is 0 Å². The second-order valence-electron chi connectivity index (χ2n) is 7.77. The van der Waals surface area contributed by atoms with Crippen molar-refractivity contribution in [1.29, 1.82) is 0 Å². The fraction of sp³-hybridized carbons (Fsp3) is 1.00. The molecule has 1 saturated heterocycles. The summed E-state index contributed by atoms with van der Waals surface area (Å²) < 4.78 is 5.63. The van der Waals surface area contributed by atoms with Crippen LogP contribution in [0.25, 0.3) is 0 Å². The van der Waals surface area contributed by atoms with Gasteiger partial charge in [-0.05, 0) is 18.3 Å². The molecule has 136 valence electrons. The molecule has 0 bridgehead atoms. The first kappa shape index (κ1) is 19.4. The Hall–Kier alpha value is 0.110. The number of hydrogen-bond donors (Lipinski definition) is 5. The molecule has 2 fully saturated rings. The molecule has 1 aliphatic carbocycles. The van der Waals surface area contributed by atoms with Crippen LogP contribution in [-0.2, 0) is 4.74 Å². The summed E-state index contributed by atoms with van der Waals surface area (Å²) >= 11 is 1.50. The fourth-order valence-electron chi connectivity index (χ4n) is 3.61. The second kappa shape index (κ2) is 7.56. The fourth-order valence-corrected chi connectivity index (χ4v) is 5.27. The topological polar surface area (TPSA) is 102 Å². The predicted octanol–water partition coefficient (Wildman–Crippen LogP) is 0.0747. The highest BCUT2D eigenvalue weighted by molar-refractivity contribution is 8.00. The van der Waals surface area contributed by atoms with Gasteiger partial charge in [-0.1, -0.05) is 27.7 Å². The summed E-state index contributed by atoms with van der Waals surface area (Å²) in [6.45, 7) is 8.29. The Balaban J connectivity index is 2.02. The Morgan fingerprint density at radius 3 is 2.39 bits per heavy atom. The molecule has 0 radical (unpaired) electrons. The third kappa shape index (κ3) is 4.39. The monoisotopic (exact) mass is 349 g/mol. The van der Waals surface area contributed by atoms with Crippen LogP contribution in [0, 0.1) is 5.41 Å². The summed E-state index contributed by atoms with van der Waals surface area (Å²) in [5, 5.41) is 43.1. The lowest BCUT2D eigenvalue weighted by atomic mass is 9.91. The van der Waals surface area contributed by atoms with Crippen molar-refractivity contribution in [2.45, 2.75) is 87.7 Å². The predicted molar refractivity (Wildman–Crippen MR) is 90.2 cm³/mol. The van der Waals surface area contributed by atoms with Gasteiger partial charge in [-0.15, -0.1) is 11.8 Å². The van der Waals surface area contributed by atoms with E-state index in [1.807, 2.05) is 0 Å². The molecule has 2 unspecified atom stereocenters. The first-order chi connectivity index (χ1) is 10.7. The van der Waals surface area contributed by atoms with Crippen molar-refractivity contribution in [2.75, 3.05) is 6.61 Å². The molecular formula is C16H31NO5S. The highest BCUT2D eigenvalue weighted by Crippen LogP contribution is 2.47. The van der Waals surface area contributed by atoms with Gasteiger partial charge in [0, 0.05) is 17.3 Å². The summed E-state index contributed by atoms with van der Waals surface area (Å²) in [6, 6.07) is 0.846. The zero-order valence-corrected chi connectivity index (χ0v) is 15.2. The minimum absolute atomic E-state index is 0.0794. The Bertz CT molecular complexity index is 393. The SMILES string of the molecule is CC(C)NC1CC(S[C@@H]2O[C@H](CO)[C@H](O)[C@H](O)[C@H]2O)C(C)(C)C1. The van der Waals surface area contributed by atoms with Crippen molar-refractivity contribution in [2.24, 2.45) is 5.41 Å². The molecule has 2 aliphatic rings. The lowest BCUT2D eigenvalue weighted by Gasteiger charge is -2.41. The highest BCUT2D eigenvalue weighted by Gasteiger charge is 2.48. The van der Waals surface area contributed by atoms with Crippen molar-refractivity contribution in [3.8, 4) is 0 Å². The Morgan fingerprint density at radius 2 is 1.83 bits per heavy atom. The van der Waals surface area contributed by atoms with E-state index >= 15 is 0 Å². The summed E-state index contributed by atoms with van der Waals surface area (Å²) in [4.78, 5) is 0. The largest absolute Gasteiger partial charge is 0.394 e. The average molecular weight is 349 g/mol. The van der Waals surface area contributed by atoms with E-state index in [1.54, 1.807) is 0 Å². The van der Waals surface area contributed by atoms with Gasteiger partial charge in [-0.25, -0.2) is 0 Å². The quantitative estimate of drug-likeness (QED) is 0.479. The Morgan fingerprint density at radius 1 is 1.17 bits per heavy atom. The van der Waals surface area contributed by atoms with Gasteiger partial charge in [0.1, 0.15) is 29.9 Å². The molecule has 6 nitrogen and oxygen atoms in total. The van der Waals surface area contributed by atoms with Crippen LogP contribution in [0.4, 0.5) is 0 Å². The van der Waals surface area contributed by atoms with E-state index in [0.717, 1.165) is 12.8 Å². The molecule has 0 aromatic heterocycles. The molecule has 0 spiro atoms. The normalized spacial score (nSPS) is 44.0. The third-order valence-corrected chi connectivity index (χ3v) is 6.68. The molecule has 5 N–H and O–H groups in total. The number of ether oxygens (including phenoxy) is 1. The number of hydrogen-bond acceptors (Lipinski definition) is 7. The zero-order chi connectivity index (χ0) is 17.4. The zero-order valence-electron chi connectivity index (χ0n) is 14.3. The molecule has 2 rings (SSSR count). The maximum Gasteiger partial charge on any atom is 0.132 e. The van der Waals surface area contributed by atoms with Gasteiger partial charge in [-0.2, -0.15) is 0 Å². The molecule has 1 saturated carbocycles. The lowest BCUT2D eigenvalue weighted by molar-refractivity contribution is -0.205. The van der Waals surface area contributed by atoms with Crippen molar-refractivity contribution < 1.29 is 25.2 Å². The van der Waals surface area contributed by atoms with Crippen LogP contribution in [0.1, 0.15) is 40.5 Å². The van der Waals surface area contributed by atoms with E-state index in [-0.39, 0.29) is 17.3 Å². The van der Waals surface area contributed by atoms with Crippen LogP contribution < -0.4 is 5.32 Å². The number of thioether (sulfide) groups is 1. The van der Waals surface area contributed by atoms with E-state index in [4.69, 9.17) is 4.74 Å². The molecule has 1 aliphatic heterocycles. The maximum absolute atomic E-state index is 10.2. The molecule has 1 heterocycles. The van der Waals surface area contributed by atoms with Crippen LogP contribution in [0.2, 0.25) is 0 Å². The summed E-state index contributed by atoms with van der Waals surface area (Å²) in [6.07, 6.45) is -2.58. The molecule has 7 heteroatoms. The first-order valence-corrected chi connectivity index (χ1v) is 9.32. The van der Waals surface area contributed by atoms with Crippen LogP contribution in [0.3, 0.4) is 0 Å². The lowest BCUT2D eigenvalue weighted by Crippen LogP contribution is -2.58. The summed E-state index contributed by atoms with van der Waals surface area (Å²) in [5.41, 5.74) is -0.566. The maximum atomic E-state index is 10.2.